The van der Waals surface area contributed by atoms with Crippen LogP contribution in [0, 0.1) is 11.3 Å². The fourth-order valence-electron chi connectivity index (χ4n) is 1.52. The quantitative estimate of drug-likeness (QED) is 0.786. The number of nitrogens with one attached hydrogen (secondary N) is 1. The molecular weight excluding hydrogens is 206 g/mol. The molecule has 92 valence electrons. The fraction of sp³-hybridized carbons (Fsp3) is 0.833. The van der Waals surface area contributed by atoms with Crippen molar-refractivity contribution in [2.75, 3.05) is 19.8 Å². The Labute approximate surface area is 96.7 Å². The van der Waals surface area contributed by atoms with Gasteiger partial charge in [0.15, 0.2) is 5.78 Å². The van der Waals surface area contributed by atoms with Crippen molar-refractivity contribution in [2.45, 2.75) is 33.6 Å². The Balaban J connectivity index is 2.32. The molecule has 0 aromatic carbocycles. The first-order valence-corrected chi connectivity index (χ1v) is 5.80. The molecule has 1 aliphatic heterocycles. The minimum Gasteiger partial charge on any atom is -0.381 e. The molecule has 0 bridgehead atoms. The second-order valence-corrected chi connectivity index (χ2v) is 5.31. The minimum atomic E-state index is -0.393. The summed E-state index contributed by atoms with van der Waals surface area (Å²) in [5.41, 5.74) is -0.393. The highest BCUT2D eigenvalue weighted by Gasteiger charge is 2.25. The van der Waals surface area contributed by atoms with Gasteiger partial charge in [0.05, 0.1) is 19.1 Å². The van der Waals surface area contributed by atoms with E-state index < -0.39 is 5.41 Å². The van der Waals surface area contributed by atoms with Crippen LogP contribution >= 0.6 is 0 Å². The molecule has 4 heteroatoms. The fourth-order valence-corrected chi connectivity index (χ4v) is 1.52. The molecule has 1 unspecified atom stereocenters. The van der Waals surface area contributed by atoms with Crippen molar-refractivity contribution in [1.82, 2.24) is 5.32 Å². The third-order valence-corrected chi connectivity index (χ3v) is 2.79. The molecule has 1 fully saturated rings. The number of Topliss-reactive ketones (excluding diaryl/α,β-unsaturated/α-hetero) is 1. The van der Waals surface area contributed by atoms with E-state index in [4.69, 9.17) is 4.74 Å². The van der Waals surface area contributed by atoms with E-state index in [-0.39, 0.29) is 24.2 Å². The van der Waals surface area contributed by atoms with E-state index in [0.29, 0.717) is 6.61 Å². The lowest BCUT2D eigenvalue weighted by molar-refractivity contribution is -0.133. The van der Waals surface area contributed by atoms with E-state index in [1.54, 1.807) is 0 Å². The van der Waals surface area contributed by atoms with Crippen LogP contribution in [0.25, 0.3) is 0 Å². The summed E-state index contributed by atoms with van der Waals surface area (Å²) in [5.74, 6) is -0.0867. The third kappa shape index (κ3) is 3.93. The number of hydrogen-bond donors (Lipinski definition) is 1. The lowest BCUT2D eigenvalue weighted by Crippen LogP contribution is -2.40. The Kier molecular flexibility index (Phi) is 4.47. The van der Waals surface area contributed by atoms with E-state index in [2.05, 4.69) is 5.32 Å². The maximum Gasteiger partial charge on any atom is 0.225 e. The van der Waals surface area contributed by atoms with E-state index in [1.807, 2.05) is 20.8 Å². The number of carbonyl (C=O) groups excluding carboxylic acids is 2. The van der Waals surface area contributed by atoms with Gasteiger partial charge in [-0.15, -0.1) is 0 Å². The predicted molar refractivity (Wildman–Crippen MR) is 61.0 cm³/mol. The standard InChI is InChI=1S/C12H21NO3/c1-12(2,3)10(14)7-13-11(15)9-5-4-6-16-8-9/h9H,4-8H2,1-3H3,(H,13,15). The summed E-state index contributed by atoms with van der Waals surface area (Å²) in [5, 5.41) is 2.69. The smallest absolute Gasteiger partial charge is 0.225 e. The van der Waals surface area contributed by atoms with Crippen LogP contribution in [0.1, 0.15) is 33.6 Å². The van der Waals surface area contributed by atoms with Crippen LogP contribution in [-0.4, -0.2) is 31.4 Å². The zero-order valence-corrected chi connectivity index (χ0v) is 10.3. The summed E-state index contributed by atoms with van der Waals surface area (Å²) >= 11 is 0. The number of carbonyl (C=O) groups is 2. The van der Waals surface area contributed by atoms with E-state index >= 15 is 0 Å². The van der Waals surface area contributed by atoms with Gasteiger partial charge in [0.2, 0.25) is 5.91 Å². The van der Waals surface area contributed by atoms with Crippen molar-refractivity contribution in [1.29, 1.82) is 0 Å². The van der Waals surface area contributed by atoms with Crippen LogP contribution in [0.4, 0.5) is 0 Å². The summed E-state index contributed by atoms with van der Waals surface area (Å²) in [7, 11) is 0. The number of ether oxygens (including phenoxy) is 1. The molecule has 1 rings (SSSR count). The summed E-state index contributed by atoms with van der Waals surface area (Å²) in [6.07, 6.45) is 1.78. The Morgan fingerprint density at radius 2 is 2.06 bits per heavy atom. The predicted octanol–water partition coefficient (Wildman–Crippen LogP) is 1.14. The van der Waals surface area contributed by atoms with Crippen molar-refractivity contribution in [3.05, 3.63) is 0 Å². The summed E-state index contributed by atoms with van der Waals surface area (Å²) < 4.78 is 5.23. The molecule has 0 aromatic heterocycles. The SMILES string of the molecule is CC(C)(C)C(=O)CNC(=O)C1CCCOC1. The minimum absolute atomic E-state index is 0.0533. The van der Waals surface area contributed by atoms with Gasteiger partial charge >= 0.3 is 0 Å². The molecule has 1 N–H and O–H groups in total. The van der Waals surface area contributed by atoms with Gasteiger partial charge in [-0.1, -0.05) is 20.8 Å². The monoisotopic (exact) mass is 227 g/mol. The molecule has 0 spiro atoms. The topological polar surface area (TPSA) is 55.4 Å². The highest BCUT2D eigenvalue weighted by molar-refractivity contribution is 5.89. The van der Waals surface area contributed by atoms with Gasteiger partial charge in [-0.3, -0.25) is 9.59 Å². The van der Waals surface area contributed by atoms with Crippen molar-refractivity contribution in [2.24, 2.45) is 11.3 Å². The van der Waals surface area contributed by atoms with Crippen LogP contribution in [0.15, 0.2) is 0 Å². The van der Waals surface area contributed by atoms with Crippen molar-refractivity contribution >= 4 is 11.7 Å². The average molecular weight is 227 g/mol. The van der Waals surface area contributed by atoms with Gasteiger partial charge in [-0.2, -0.15) is 0 Å². The number of amides is 1. The highest BCUT2D eigenvalue weighted by Crippen LogP contribution is 2.15. The molecule has 1 saturated heterocycles. The molecule has 1 heterocycles. The first kappa shape index (κ1) is 13.2. The molecule has 0 aliphatic carbocycles. The molecule has 0 aromatic rings. The van der Waals surface area contributed by atoms with Crippen LogP contribution in [0.2, 0.25) is 0 Å². The van der Waals surface area contributed by atoms with Crippen molar-refractivity contribution in [3.8, 4) is 0 Å². The van der Waals surface area contributed by atoms with Gasteiger partial charge in [0, 0.05) is 12.0 Å². The van der Waals surface area contributed by atoms with Crippen LogP contribution in [0.5, 0.6) is 0 Å². The summed E-state index contributed by atoms with van der Waals surface area (Å²) in [6.45, 7) is 6.90. The number of rotatable bonds is 3. The third-order valence-electron chi connectivity index (χ3n) is 2.79. The Morgan fingerprint density at radius 3 is 2.56 bits per heavy atom. The molecular formula is C12H21NO3. The summed E-state index contributed by atoms with van der Waals surface area (Å²) in [6, 6.07) is 0. The maximum absolute atomic E-state index is 11.7. The molecule has 4 nitrogen and oxygen atoms in total. The van der Waals surface area contributed by atoms with Gasteiger partial charge in [-0.05, 0) is 12.8 Å². The average Bonchev–Trinajstić information content (AvgIpc) is 2.25. The highest BCUT2D eigenvalue weighted by atomic mass is 16.5. The second-order valence-electron chi connectivity index (χ2n) is 5.31. The van der Waals surface area contributed by atoms with Crippen LogP contribution < -0.4 is 5.32 Å². The van der Waals surface area contributed by atoms with E-state index in [9.17, 15) is 9.59 Å². The van der Waals surface area contributed by atoms with Crippen molar-refractivity contribution in [3.63, 3.8) is 0 Å². The van der Waals surface area contributed by atoms with Crippen molar-refractivity contribution < 1.29 is 14.3 Å². The lowest BCUT2D eigenvalue weighted by atomic mass is 9.90. The largest absolute Gasteiger partial charge is 0.381 e. The number of ketones is 1. The van der Waals surface area contributed by atoms with Gasteiger partial charge < -0.3 is 10.1 Å². The molecule has 1 aliphatic rings. The molecule has 0 radical (unpaired) electrons. The Hall–Kier alpha value is -0.900. The zero-order valence-electron chi connectivity index (χ0n) is 10.3. The lowest BCUT2D eigenvalue weighted by Gasteiger charge is -2.22. The van der Waals surface area contributed by atoms with E-state index in [0.717, 1.165) is 19.4 Å². The normalized spacial score (nSPS) is 21.6. The summed E-state index contributed by atoms with van der Waals surface area (Å²) in [4.78, 5) is 23.3. The van der Waals surface area contributed by atoms with E-state index in [1.165, 1.54) is 0 Å². The number of hydrogen-bond acceptors (Lipinski definition) is 3. The van der Waals surface area contributed by atoms with Crippen LogP contribution in [0.3, 0.4) is 0 Å². The first-order valence-electron chi connectivity index (χ1n) is 5.80. The zero-order chi connectivity index (χ0) is 12.2. The molecule has 0 saturated carbocycles. The molecule has 16 heavy (non-hydrogen) atoms. The Morgan fingerprint density at radius 1 is 1.38 bits per heavy atom. The second kappa shape index (κ2) is 5.43. The van der Waals surface area contributed by atoms with Gasteiger partial charge in [-0.25, -0.2) is 0 Å². The van der Waals surface area contributed by atoms with Gasteiger partial charge in [0.1, 0.15) is 0 Å². The molecule has 1 atom stereocenters. The van der Waals surface area contributed by atoms with Gasteiger partial charge in [0.25, 0.3) is 0 Å². The maximum atomic E-state index is 11.7. The first-order chi connectivity index (χ1) is 7.41. The molecule has 1 amide bonds. The Bertz CT molecular complexity index is 262. The van der Waals surface area contributed by atoms with Crippen LogP contribution in [-0.2, 0) is 14.3 Å².